The molecule has 0 radical (unpaired) electrons. The molecule has 33 heavy (non-hydrogen) atoms. The van der Waals surface area contributed by atoms with Crippen LogP contribution in [0.25, 0.3) is 10.2 Å². The first kappa shape index (κ1) is 22.3. The minimum atomic E-state index is -0.0669. The van der Waals surface area contributed by atoms with Crippen LogP contribution in [0.5, 0.6) is 0 Å². The average molecular weight is 481 g/mol. The Balaban J connectivity index is 1.30. The SMILES string of the molecule is CCC(=O)Nc1ccc(NC(=O)CSc2nc(C3CC3)nc3sc4c(c23)CC[C@@H](C)C4)cc1. The minimum Gasteiger partial charge on any atom is -0.326 e. The summed E-state index contributed by atoms with van der Waals surface area (Å²) in [5, 5.41) is 7.91. The zero-order chi connectivity index (χ0) is 22.9. The molecule has 5 rings (SSSR count). The molecule has 1 fully saturated rings. The molecule has 1 atom stereocenters. The third kappa shape index (κ3) is 5.06. The highest BCUT2D eigenvalue weighted by Crippen LogP contribution is 2.44. The number of aromatic nitrogens is 2. The molecule has 2 aromatic heterocycles. The van der Waals surface area contributed by atoms with Gasteiger partial charge < -0.3 is 10.6 Å². The van der Waals surface area contributed by atoms with Crippen molar-refractivity contribution in [3.63, 3.8) is 0 Å². The second-order valence-corrected chi connectivity index (χ2v) is 11.1. The summed E-state index contributed by atoms with van der Waals surface area (Å²) in [6, 6.07) is 7.20. The lowest BCUT2D eigenvalue weighted by Crippen LogP contribution is -2.14. The van der Waals surface area contributed by atoms with Crippen molar-refractivity contribution in [3.8, 4) is 0 Å². The van der Waals surface area contributed by atoms with Crippen LogP contribution < -0.4 is 10.6 Å². The van der Waals surface area contributed by atoms with Crippen LogP contribution in [0.15, 0.2) is 29.3 Å². The quantitative estimate of drug-likeness (QED) is 0.331. The van der Waals surface area contributed by atoms with Crippen LogP contribution >= 0.6 is 23.1 Å². The summed E-state index contributed by atoms with van der Waals surface area (Å²) in [7, 11) is 0. The smallest absolute Gasteiger partial charge is 0.234 e. The number of aryl methyl sites for hydroxylation is 1. The van der Waals surface area contributed by atoms with Gasteiger partial charge >= 0.3 is 0 Å². The predicted octanol–water partition coefficient (Wildman–Crippen LogP) is 5.77. The maximum Gasteiger partial charge on any atom is 0.234 e. The van der Waals surface area contributed by atoms with Gasteiger partial charge in [0.1, 0.15) is 15.7 Å². The van der Waals surface area contributed by atoms with Gasteiger partial charge in [0.05, 0.1) is 5.75 Å². The molecule has 0 spiro atoms. The highest BCUT2D eigenvalue weighted by molar-refractivity contribution is 8.00. The van der Waals surface area contributed by atoms with Crippen LogP contribution in [0.2, 0.25) is 0 Å². The van der Waals surface area contributed by atoms with Gasteiger partial charge in [0.15, 0.2) is 0 Å². The predicted molar refractivity (Wildman–Crippen MR) is 135 cm³/mol. The van der Waals surface area contributed by atoms with Gasteiger partial charge in [-0.3, -0.25) is 9.59 Å². The number of anilines is 2. The topological polar surface area (TPSA) is 84.0 Å². The van der Waals surface area contributed by atoms with Gasteiger partial charge in [-0.2, -0.15) is 0 Å². The fourth-order valence-electron chi connectivity index (χ4n) is 4.17. The Morgan fingerprint density at radius 2 is 1.76 bits per heavy atom. The molecule has 1 aromatic carbocycles. The first-order valence-electron chi connectivity index (χ1n) is 11.6. The van der Waals surface area contributed by atoms with E-state index in [9.17, 15) is 9.59 Å². The number of thiophene rings is 1. The van der Waals surface area contributed by atoms with Crippen LogP contribution in [-0.4, -0.2) is 27.5 Å². The molecule has 2 aliphatic carbocycles. The van der Waals surface area contributed by atoms with Crippen molar-refractivity contribution in [2.45, 2.75) is 63.3 Å². The summed E-state index contributed by atoms with van der Waals surface area (Å²) in [6.07, 6.45) is 6.14. The minimum absolute atomic E-state index is 0.0324. The second kappa shape index (κ2) is 9.43. The Kier molecular flexibility index (Phi) is 6.38. The van der Waals surface area contributed by atoms with Crippen molar-refractivity contribution in [3.05, 3.63) is 40.5 Å². The van der Waals surface area contributed by atoms with Crippen LogP contribution in [0.1, 0.15) is 61.7 Å². The van der Waals surface area contributed by atoms with Crippen molar-refractivity contribution in [2.75, 3.05) is 16.4 Å². The standard InChI is InChI=1S/C25H28N4O2S2/c1-3-20(30)26-16-7-9-17(10-8-16)27-21(31)13-32-24-22-18-11-4-14(2)12-19(18)33-25(22)29-23(28-24)15-5-6-15/h7-10,14-15H,3-6,11-13H2,1-2H3,(H,26,30)(H,27,31)/t14-/m1/s1. The van der Waals surface area contributed by atoms with Crippen LogP contribution in [0.4, 0.5) is 11.4 Å². The summed E-state index contributed by atoms with van der Waals surface area (Å²) in [5.74, 6) is 2.34. The largest absolute Gasteiger partial charge is 0.326 e. The normalized spacial score (nSPS) is 17.6. The summed E-state index contributed by atoms with van der Waals surface area (Å²) < 4.78 is 0. The number of hydrogen-bond donors (Lipinski definition) is 2. The molecule has 0 saturated heterocycles. The van der Waals surface area contributed by atoms with Gasteiger partial charge in [-0.25, -0.2) is 9.97 Å². The van der Waals surface area contributed by atoms with E-state index < -0.39 is 0 Å². The van der Waals surface area contributed by atoms with Crippen molar-refractivity contribution in [1.29, 1.82) is 0 Å². The highest BCUT2D eigenvalue weighted by atomic mass is 32.2. The molecule has 0 aliphatic heterocycles. The maximum atomic E-state index is 12.7. The van der Waals surface area contributed by atoms with E-state index in [-0.39, 0.29) is 11.8 Å². The van der Waals surface area contributed by atoms with Crippen molar-refractivity contribution in [1.82, 2.24) is 9.97 Å². The number of nitrogens with zero attached hydrogens (tertiary/aromatic N) is 2. The zero-order valence-electron chi connectivity index (χ0n) is 18.9. The van der Waals surface area contributed by atoms with Crippen molar-refractivity contribution in [2.24, 2.45) is 5.92 Å². The third-order valence-electron chi connectivity index (χ3n) is 6.20. The number of nitrogens with one attached hydrogen (secondary N) is 2. The van der Waals surface area contributed by atoms with E-state index in [4.69, 9.17) is 9.97 Å². The zero-order valence-corrected chi connectivity index (χ0v) is 20.6. The molecule has 2 amide bonds. The molecule has 2 aliphatic rings. The number of fused-ring (bicyclic) bond motifs is 3. The fourth-order valence-corrected chi connectivity index (χ4v) is 6.49. The van der Waals surface area contributed by atoms with Gasteiger partial charge in [0.25, 0.3) is 0 Å². The van der Waals surface area contributed by atoms with Gasteiger partial charge in [-0.15, -0.1) is 11.3 Å². The summed E-state index contributed by atoms with van der Waals surface area (Å²) >= 11 is 3.34. The number of rotatable bonds is 7. The number of carbonyl (C=O) groups excluding carboxylic acids is 2. The van der Waals surface area contributed by atoms with E-state index in [1.165, 1.54) is 34.0 Å². The van der Waals surface area contributed by atoms with Gasteiger partial charge in [0.2, 0.25) is 11.8 Å². The molecule has 1 saturated carbocycles. The van der Waals surface area contributed by atoms with Gasteiger partial charge in [0, 0.05) is 34.0 Å². The Morgan fingerprint density at radius 1 is 1.06 bits per heavy atom. The lowest BCUT2D eigenvalue weighted by atomic mass is 9.89. The number of carbonyl (C=O) groups is 2. The van der Waals surface area contributed by atoms with Crippen LogP contribution in [0, 0.1) is 5.92 Å². The van der Waals surface area contributed by atoms with Gasteiger partial charge in [-0.05, 0) is 67.9 Å². The van der Waals surface area contributed by atoms with E-state index in [1.807, 2.05) is 18.3 Å². The number of hydrogen-bond acceptors (Lipinski definition) is 6. The van der Waals surface area contributed by atoms with Crippen molar-refractivity contribution >= 4 is 56.5 Å². The maximum absolute atomic E-state index is 12.7. The van der Waals surface area contributed by atoms with Crippen LogP contribution in [0.3, 0.4) is 0 Å². The van der Waals surface area contributed by atoms with Crippen molar-refractivity contribution < 1.29 is 9.59 Å². The molecule has 2 heterocycles. The Bertz CT molecular complexity index is 1200. The molecule has 2 N–H and O–H groups in total. The molecule has 0 unspecified atom stereocenters. The van der Waals surface area contributed by atoms with E-state index in [0.29, 0.717) is 29.7 Å². The molecule has 8 heteroatoms. The molecule has 3 aromatic rings. The third-order valence-corrected chi connectivity index (χ3v) is 8.32. The first-order chi connectivity index (χ1) is 16.0. The summed E-state index contributed by atoms with van der Waals surface area (Å²) in [6.45, 7) is 4.13. The molecular formula is C25H28N4O2S2. The fraction of sp³-hybridized carbons (Fsp3) is 0.440. The lowest BCUT2D eigenvalue weighted by Gasteiger charge is -2.18. The Labute approximate surface area is 202 Å². The first-order valence-corrected chi connectivity index (χ1v) is 13.4. The lowest BCUT2D eigenvalue weighted by molar-refractivity contribution is -0.116. The molecule has 0 bridgehead atoms. The summed E-state index contributed by atoms with van der Waals surface area (Å²) in [5.41, 5.74) is 2.84. The highest BCUT2D eigenvalue weighted by Gasteiger charge is 2.30. The molecule has 172 valence electrons. The van der Waals surface area contributed by atoms with Crippen LogP contribution in [-0.2, 0) is 22.4 Å². The Hall–Kier alpha value is -2.45. The van der Waals surface area contributed by atoms with E-state index >= 15 is 0 Å². The van der Waals surface area contributed by atoms with Gasteiger partial charge in [-0.1, -0.05) is 25.6 Å². The second-order valence-electron chi connectivity index (χ2n) is 9.01. The average Bonchev–Trinajstić information content (AvgIpc) is 3.59. The number of thioether (sulfide) groups is 1. The number of benzene rings is 1. The molecule has 6 nitrogen and oxygen atoms in total. The Morgan fingerprint density at radius 3 is 2.42 bits per heavy atom. The number of amides is 2. The summed E-state index contributed by atoms with van der Waals surface area (Å²) in [4.78, 5) is 36.6. The van der Waals surface area contributed by atoms with E-state index in [1.54, 1.807) is 24.3 Å². The van der Waals surface area contributed by atoms with E-state index in [2.05, 4.69) is 17.6 Å². The van der Waals surface area contributed by atoms with E-state index in [0.717, 1.165) is 47.1 Å². The molecular weight excluding hydrogens is 452 g/mol. The monoisotopic (exact) mass is 480 g/mol.